The Morgan fingerprint density at radius 2 is 1.67 bits per heavy atom. The molecule has 0 unspecified atom stereocenters. The average molecular weight is 582 g/mol. The zero-order valence-corrected chi connectivity index (χ0v) is 21.1. The van der Waals surface area contributed by atoms with E-state index in [0.717, 1.165) is 17.4 Å². The van der Waals surface area contributed by atoms with Crippen LogP contribution in [0, 0.1) is 0 Å². The van der Waals surface area contributed by atoms with E-state index in [-0.39, 0.29) is 31.5 Å². The molecule has 0 aromatic heterocycles. The minimum absolute atomic E-state index is 0.121. The minimum atomic E-state index is -3.57. The molecule has 3 aromatic carbocycles. The summed E-state index contributed by atoms with van der Waals surface area (Å²) in [5.41, 5.74) is 2.56. The van der Waals surface area contributed by atoms with Crippen LogP contribution in [0.1, 0.15) is 22.7 Å². The lowest BCUT2D eigenvalue weighted by Gasteiger charge is -2.27. The number of hydrogen-bond acceptors (Lipinski definition) is 6. The Balaban J connectivity index is 1.79. The lowest BCUT2D eigenvalue weighted by atomic mass is 10.1. The van der Waals surface area contributed by atoms with E-state index < -0.39 is 13.6 Å². The number of alkyl halides is 1. The molecule has 0 saturated carbocycles. The van der Waals surface area contributed by atoms with Gasteiger partial charge in [-0.1, -0.05) is 66.7 Å². The fourth-order valence-electron chi connectivity index (χ4n) is 3.24. The molecule has 0 heterocycles. The van der Waals surface area contributed by atoms with Crippen molar-refractivity contribution in [2.45, 2.75) is 16.3 Å². The summed E-state index contributed by atoms with van der Waals surface area (Å²) in [4.78, 5) is 0. The molecule has 0 radical (unpaired) electrons. The number of benzene rings is 3. The summed E-state index contributed by atoms with van der Waals surface area (Å²) in [6, 6.07) is 23.5. The van der Waals surface area contributed by atoms with Crippen LogP contribution in [0.5, 0.6) is 5.75 Å². The molecule has 0 amide bonds. The molecule has 0 fully saturated rings. The highest BCUT2D eigenvalue weighted by Crippen LogP contribution is 2.35. The second kappa shape index (κ2) is 11.3. The van der Waals surface area contributed by atoms with Gasteiger partial charge in [0.15, 0.2) is 3.61 Å². The van der Waals surface area contributed by atoms with Crippen LogP contribution < -0.4 is 14.8 Å². The first-order valence-electron chi connectivity index (χ1n) is 10.3. The molecule has 0 aliphatic rings. The van der Waals surface area contributed by atoms with E-state index >= 15 is 0 Å². The Morgan fingerprint density at radius 1 is 1.03 bits per heavy atom. The summed E-state index contributed by atoms with van der Waals surface area (Å²) in [7, 11) is -3.57. The standard InChI is InChI=1S/C24H27IN2O5S/c1-33(30,31)27-21-14-20(12-13-23(21)32-16-18-8-4-2-5-9-18)24(25,29)17-26-22(15-28)19-10-6-3-7-11-19/h2-14,22,26-29H,15-17H2,1H3/t22-,24-/m1/s1. The van der Waals surface area contributed by atoms with Gasteiger partial charge in [0.05, 0.1) is 24.6 Å². The van der Waals surface area contributed by atoms with Gasteiger partial charge < -0.3 is 20.3 Å². The second-order valence-electron chi connectivity index (χ2n) is 7.65. The Kier molecular flexibility index (Phi) is 8.71. The molecule has 9 heteroatoms. The van der Waals surface area contributed by atoms with Crippen LogP contribution in [0.25, 0.3) is 0 Å². The first kappa shape index (κ1) is 25.4. The fraction of sp³-hybridized carbons (Fsp3) is 0.250. The van der Waals surface area contributed by atoms with E-state index in [0.29, 0.717) is 11.3 Å². The van der Waals surface area contributed by atoms with Crippen LogP contribution in [0.4, 0.5) is 5.69 Å². The molecule has 33 heavy (non-hydrogen) atoms. The summed E-state index contributed by atoms with van der Waals surface area (Å²) < 4.78 is 30.8. The van der Waals surface area contributed by atoms with E-state index in [4.69, 9.17) is 4.74 Å². The maximum atomic E-state index is 11.9. The highest BCUT2D eigenvalue weighted by atomic mass is 127. The Hall–Kier alpha value is -2.18. The molecule has 0 bridgehead atoms. The number of sulfonamides is 1. The van der Waals surface area contributed by atoms with Gasteiger partial charge in [-0.15, -0.1) is 0 Å². The third-order valence-corrected chi connectivity index (χ3v) is 6.52. The fourth-order valence-corrected chi connectivity index (χ4v) is 4.36. The number of halogens is 1. The van der Waals surface area contributed by atoms with E-state index in [9.17, 15) is 18.6 Å². The van der Waals surface area contributed by atoms with Gasteiger partial charge in [-0.25, -0.2) is 8.42 Å². The van der Waals surface area contributed by atoms with Crippen molar-refractivity contribution in [3.05, 3.63) is 95.6 Å². The van der Waals surface area contributed by atoms with Gasteiger partial charge in [-0.2, -0.15) is 0 Å². The van der Waals surface area contributed by atoms with Gasteiger partial charge in [0.25, 0.3) is 0 Å². The van der Waals surface area contributed by atoms with Crippen LogP contribution in [-0.4, -0.2) is 38.0 Å². The molecule has 176 valence electrons. The lowest BCUT2D eigenvalue weighted by Crippen LogP contribution is -2.36. The van der Waals surface area contributed by atoms with Crippen molar-refractivity contribution in [2.75, 3.05) is 24.1 Å². The summed E-state index contributed by atoms with van der Waals surface area (Å²) >= 11 is 1.90. The van der Waals surface area contributed by atoms with Gasteiger partial charge in [0.2, 0.25) is 10.0 Å². The van der Waals surface area contributed by atoms with Gasteiger partial charge in [-0.05, 0) is 51.4 Å². The van der Waals surface area contributed by atoms with E-state index in [2.05, 4.69) is 10.0 Å². The van der Waals surface area contributed by atoms with E-state index in [1.165, 1.54) is 0 Å². The molecule has 0 aliphatic heterocycles. The summed E-state index contributed by atoms with van der Waals surface area (Å²) in [6.45, 7) is 0.254. The molecule has 4 N–H and O–H groups in total. The quantitative estimate of drug-likeness (QED) is 0.204. The molecule has 2 atom stereocenters. The largest absolute Gasteiger partial charge is 0.487 e. The van der Waals surface area contributed by atoms with Gasteiger partial charge in [0, 0.05) is 6.54 Å². The maximum absolute atomic E-state index is 11.9. The molecule has 7 nitrogen and oxygen atoms in total. The van der Waals surface area contributed by atoms with Crippen molar-refractivity contribution in [3.8, 4) is 5.75 Å². The van der Waals surface area contributed by atoms with Crippen LogP contribution in [-0.2, 0) is 20.2 Å². The smallest absolute Gasteiger partial charge is 0.229 e. The second-order valence-corrected chi connectivity index (χ2v) is 11.2. The minimum Gasteiger partial charge on any atom is -0.487 e. The third kappa shape index (κ3) is 7.68. The summed E-state index contributed by atoms with van der Waals surface area (Å²) in [5, 5.41) is 24.1. The van der Waals surface area contributed by atoms with Crippen molar-refractivity contribution < 1.29 is 23.4 Å². The highest BCUT2D eigenvalue weighted by Gasteiger charge is 2.28. The predicted octanol–water partition coefficient (Wildman–Crippen LogP) is 3.54. The first-order chi connectivity index (χ1) is 15.7. The zero-order chi connectivity index (χ0) is 23.9. The first-order valence-corrected chi connectivity index (χ1v) is 13.2. The topological polar surface area (TPSA) is 108 Å². The van der Waals surface area contributed by atoms with Crippen LogP contribution in [0.15, 0.2) is 78.9 Å². The molecule has 0 saturated heterocycles. The molecule has 0 spiro atoms. The van der Waals surface area contributed by atoms with E-state index in [1.54, 1.807) is 18.2 Å². The predicted molar refractivity (Wildman–Crippen MR) is 138 cm³/mol. The molecular formula is C24H27IN2O5S. The molecule has 3 aromatic rings. The van der Waals surface area contributed by atoms with Crippen molar-refractivity contribution in [1.82, 2.24) is 5.32 Å². The SMILES string of the molecule is CS(=O)(=O)Nc1cc([C@@](O)(I)CN[C@H](CO)c2ccccc2)ccc1OCc1ccccc1. The summed E-state index contributed by atoms with van der Waals surface area (Å²) in [5.74, 6) is 0.353. The number of nitrogens with one attached hydrogen (secondary N) is 2. The number of aliphatic hydroxyl groups is 2. The highest BCUT2D eigenvalue weighted by molar-refractivity contribution is 14.1. The number of ether oxygens (including phenoxy) is 1. The number of aliphatic hydroxyl groups excluding tert-OH is 1. The normalized spacial score (nSPS) is 14.3. The van der Waals surface area contributed by atoms with Crippen LogP contribution in [0.3, 0.4) is 0 Å². The van der Waals surface area contributed by atoms with E-state index in [1.807, 2.05) is 83.3 Å². The Bertz CT molecular complexity index is 1140. The Labute approximate surface area is 208 Å². The third-order valence-electron chi connectivity index (χ3n) is 4.92. The van der Waals surface area contributed by atoms with Crippen LogP contribution >= 0.6 is 22.6 Å². The average Bonchev–Trinajstić information content (AvgIpc) is 2.79. The summed E-state index contributed by atoms with van der Waals surface area (Å²) in [6.07, 6.45) is 1.06. The van der Waals surface area contributed by atoms with Gasteiger partial charge in [0.1, 0.15) is 12.4 Å². The number of rotatable bonds is 11. The molecular weight excluding hydrogens is 555 g/mol. The molecule has 3 rings (SSSR count). The van der Waals surface area contributed by atoms with Crippen molar-refractivity contribution in [1.29, 1.82) is 0 Å². The van der Waals surface area contributed by atoms with Crippen molar-refractivity contribution in [3.63, 3.8) is 0 Å². The number of hydrogen-bond donors (Lipinski definition) is 4. The van der Waals surface area contributed by atoms with Crippen molar-refractivity contribution >= 4 is 38.3 Å². The van der Waals surface area contributed by atoms with Crippen LogP contribution in [0.2, 0.25) is 0 Å². The maximum Gasteiger partial charge on any atom is 0.229 e. The van der Waals surface area contributed by atoms with Crippen molar-refractivity contribution in [2.24, 2.45) is 0 Å². The van der Waals surface area contributed by atoms with Gasteiger partial charge >= 0.3 is 0 Å². The Morgan fingerprint density at radius 3 is 2.27 bits per heavy atom. The van der Waals surface area contributed by atoms with Gasteiger partial charge in [-0.3, -0.25) is 4.72 Å². The molecule has 0 aliphatic carbocycles. The zero-order valence-electron chi connectivity index (χ0n) is 18.1. The lowest BCUT2D eigenvalue weighted by molar-refractivity contribution is 0.141. The number of anilines is 1. The monoisotopic (exact) mass is 582 g/mol.